The molecule has 3 nitrogen and oxygen atoms in total. The molecule has 36 heavy (non-hydrogen) atoms. The van der Waals surface area contributed by atoms with Crippen molar-refractivity contribution in [2.24, 2.45) is 11.8 Å². The zero-order valence-electron chi connectivity index (χ0n) is 23.6. The summed E-state index contributed by atoms with van der Waals surface area (Å²) in [5, 5.41) is 1.34. The second-order valence-electron chi connectivity index (χ2n) is 10.7. The summed E-state index contributed by atoms with van der Waals surface area (Å²) in [5.74, 6) is 1.65. The molecule has 196 valence electrons. The Balaban J connectivity index is 1.86. The van der Waals surface area contributed by atoms with Gasteiger partial charge in [0, 0.05) is 35.6 Å². The summed E-state index contributed by atoms with van der Waals surface area (Å²) in [5.41, 5.74) is 7.82. The molecule has 1 aromatic heterocycles. The first-order valence-electron chi connectivity index (χ1n) is 14.3. The summed E-state index contributed by atoms with van der Waals surface area (Å²) in [7, 11) is 0. The molecule has 1 aromatic carbocycles. The molecule has 3 heteroatoms. The van der Waals surface area contributed by atoms with E-state index in [1.165, 1.54) is 38.9 Å². The molecule has 2 aromatic rings. The van der Waals surface area contributed by atoms with E-state index in [0.717, 1.165) is 58.0 Å². The lowest BCUT2D eigenvalue weighted by Gasteiger charge is -2.34. The Hall–Kier alpha value is -2.55. The van der Waals surface area contributed by atoms with Crippen molar-refractivity contribution in [3.8, 4) is 0 Å². The third-order valence-electron chi connectivity index (χ3n) is 8.40. The molecule has 2 heterocycles. The number of hydrogen-bond acceptors (Lipinski definition) is 1. The van der Waals surface area contributed by atoms with E-state index in [2.05, 4.69) is 88.4 Å². The maximum Gasteiger partial charge on any atom is 0.225 e. The molecule has 1 aliphatic heterocycles. The van der Waals surface area contributed by atoms with Crippen LogP contribution >= 0.6 is 0 Å². The van der Waals surface area contributed by atoms with Crippen LogP contribution in [0.2, 0.25) is 0 Å². The van der Waals surface area contributed by atoms with Crippen molar-refractivity contribution in [1.82, 2.24) is 9.88 Å². The summed E-state index contributed by atoms with van der Waals surface area (Å²) in [6.45, 7) is 19.1. The highest BCUT2D eigenvalue weighted by atomic mass is 16.2. The maximum atomic E-state index is 13.0. The molecule has 2 unspecified atom stereocenters. The molecule has 0 radical (unpaired) electrons. The number of nitrogens with zero attached hydrogens (tertiary/aromatic N) is 1. The van der Waals surface area contributed by atoms with Crippen LogP contribution in [0.1, 0.15) is 103 Å². The van der Waals surface area contributed by atoms with E-state index in [0.29, 0.717) is 17.7 Å². The molecule has 1 fully saturated rings. The minimum absolute atomic E-state index is 0.198. The van der Waals surface area contributed by atoms with Crippen LogP contribution in [-0.4, -0.2) is 28.9 Å². The van der Waals surface area contributed by atoms with Crippen LogP contribution in [0.4, 0.5) is 0 Å². The number of allylic oxidation sites excluding steroid dienone is 5. The van der Waals surface area contributed by atoms with Crippen molar-refractivity contribution < 1.29 is 4.79 Å². The fraction of sp³-hybridized carbons (Fsp3) is 0.545. The number of aromatic nitrogens is 1. The lowest BCUT2D eigenvalue weighted by Crippen LogP contribution is -2.41. The number of nitrogens with one attached hydrogen (secondary N) is 1. The van der Waals surface area contributed by atoms with Gasteiger partial charge in [0.05, 0.1) is 0 Å². The van der Waals surface area contributed by atoms with E-state index in [1.807, 2.05) is 6.08 Å². The number of rotatable bonds is 11. The van der Waals surface area contributed by atoms with Crippen molar-refractivity contribution in [2.45, 2.75) is 92.4 Å². The van der Waals surface area contributed by atoms with Crippen LogP contribution in [0.15, 0.2) is 48.6 Å². The molecule has 0 spiro atoms. The first kappa shape index (κ1) is 28.0. The molecule has 3 rings (SSSR count). The normalized spacial score (nSPS) is 17.4. The fourth-order valence-corrected chi connectivity index (χ4v) is 5.72. The van der Waals surface area contributed by atoms with Gasteiger partial charge in [-0.05, 0) is 86.1 Å². The van der Waals surface area contributed by atoms with Crippen LogP contribution in [-0.2, 0) is 11.2 Å². The van der Waals surface area contributed by atoms with E-state index in [-0.39, 0.29) is 5.92 Å². The number of aromatic amines is 1. The molecule has 0 aliphatic carbocycles. The molecule has 0 bridgehead atoms. The van der Waals surface area contributed by atoms with Gasteiger partial charge in [-0.15, -0.1) is 0 Å². The number of benzene rings is 1. The summed E-state index contributed by atoms with van der Waals surface area (Å²) in [6.07, 6.45) is 13.6. The molecule has 2 atom stereocenters. The van der Waals surface area contributed by atoms with Gasteiger partial charge in [-0.25, -0.2) is 0 Å². The van der Waals surface area contributed by atoms with Gasteiger partial charge in [0.25, 0.3) is 0 Å². The van der Waals surface area contributed by atoms with Crippen molar-refractivity contribution in [2.75, 3.05) is 13.1 Å². The molecule has 1 N–H and O–H groups in total. The molecule has 0 saturated carbocycles. The van der Waals surface area contributed by atoms with Crippen LogP contribution < -0.4 is 0 Å². The average Bonchev–Trinajstić information content (AvgIpc) is 3.28. The summed E-state index contributed by atoms with van der Waals surface area (Å²) in [4.78, 5) is 18.8. The lowest BCUT2D eigenvalue weighted by molar-refractivity contribution is -0.137. The second kappa shape index (κ2) is 13.1. The number of fused-ring (bicyclic) bond motifs is 1. The Labute approximate surface area is 219 Å². The number of amides is 1. The van der Waals surface area contributed by atoms with E-state index < -0.39 is 0 Å². The summed E-state index contributed by atoms with van der Waals surface area (Å²) >= 11 is 0. The van der Waals surface area contributed by atoms with Gasteiger partial charge < -0.3 is 9.88 Å². The predicted octanol–water partition coefficient (Wildman–Crippen LogP) is 8.82. The van der Waals surface area contributed by atoms with E-state index in [4.69, 9.17) is 0 Å². The average molecular weight is 489 g/mol. The van der Waals surface area contributed by atoms with Crippen molar-refractivity contribution >= 4 is 22.4 Å². The quantitative estimate of drug-likeness (QED) is 0.315. The largest absolute Gasteiger partial charge is 0.354 e. The number of H-pyrrole nitrogens is 1. The Kier molecular flexibility index (Phi) is 10.2. The first-order valence-corrected chi connectivity index (χ1v) is 14.3. The van der Waals surface area contributed by atoms with Gasteiger partial charge in [-0.2, -0.15) is 0 Å². The van der Waals surface area contributed by atoms with Gasteiger partial charge in [0.2, 0.25) is 5.91 Å². The highest BCUT2D eigenvalue weighted by Crippen LogP contribution is 2.35. The molecule has 1 aliphatic rings. The van der Waals surface area contributed by atoms with E-state index in [1.54, 1.807) is 0 Å². The minimum Gasteiger partial charge on any atom is -0.354 e. The minimum atomic E-state index is 0.198. The Morgan fingerprint density at radius 2 is 1.89 bits per heavy atom. The van der Waals surface area contributed by atoms with Crippen molar-refractivity contribution in [3.05, 3.63) is 65.4 Å². The number of carbonyl (C=O) groups is 1. The Morgan fingerprint density at radius 1 is 1.17 bits per heavy atom. The van der Waals surface area contributed by atoms with Gasteiger partial charge in [-0.1, -0.05) is 77.5 Å². The smallest absolute Gasteiger partial charge is 0.225 e. The highest BCUT2D eigenvalue weighted by Gasteiger charge is 2.28. The number of hydrogen-bond donors (Lipinski definition) is 1. The van der Waals surface area contributed by atoms with E-state index in [9.17, 15) is 4.79 Å². The van der Waals surface area contributed by atoms with Crippen molar-refractivity contribution in [3.63, 3.8) is 0 Å². The number of likely N-dealkylation sites (tertiary alicyclic amines) is 1. The summed E-state index contributed by atoms with van der Waals surface area (Å²) < 4.78 is 0. The Morgan fingerprint density at radius 3 is 2.47 bits per heavy atom. The van der Waals surface area contributed by atoms with Crippen LogP contribution in [0.3, 0.4) is 0 Å². The number of carbonyl (C=O) groups excluding carboxylic acids is 1. The zero-order chi connectivity index (χ0) is 26.2. The van der Waals surface area contributed by atoms with E-state index >= 15 is 0 Å². The Bertz CT molecular complexity index is 1090. The zero-order valence-corrected chi connectivity index (χ0v) is 23.6. The van der Waals surface area contributed by atoms with Crippen LogP contribution in [0.25, 0.3) is 16.5 Å². The SMILES string of the molecule is C=C/C=C(\C=C(\C)C(C)CC)c1[nH]c2ccc(C3CCN(C(=O)C(CC)CCC)CC3)cc2c1CC. The third kappa shape index (κ3) is 6.22. The monoisotopic (exact) mass is 488 g/mol. The highest BCUT2D eigenvalue weighted by molar-refractivity contribution is 5.92. The summed E-state index contributed by atoms with van der Waals surface area (Å²) in [6, 6.07) is 6.97. The van der Waals surface area contributed by atoms with Crippen LogP contribution in [0, 0.1) is 11.8 Å². The molecule has 1 amide bonds. The molecular weight excluding hydrogens is 440 g/mol. The van der Waals surface area contributed by atoms with Gasteiger partial charge >= 0.3 is 0 Å². The fourth-order valence-electron chi connectivity index (χ4n) is 5.72. The second-order valence-corrected chi connectivity index (χ2v) is 10.7. The first-order chi connectivity index (χ1) is 17.4. The van der Waals surface area contributed by atoms with Gasteiger partial charge in [-0.3, -0.25) is 4.79 Å². The topological polar surface area (TPSA) is 36.1 Å². The molecular formula is C33H48N2O. The number of aryl methyl sites for hydroxylation is 1. The lowest BCUT2D eigenvalue weighted by atomic mass is 9.87. The number of piperidine rings is 1. The van der Waals surface area contributed by atoms with Crippen LogP contribution in [0.5, 0.6) is 0 Å². The van der Waals surface area contributed by atoms with Gasteiger partial charge in [0.15, 0.2) is 0 Å². The standard InChI is InChI=1S/C33H48N2O/c1-8-13-25(11-4)33(36)35-19-17-26(18-20-35)27-15-16-31-30(22-27)29(12-5)32(34-31)28(14-9-2)21-24(7)23(6)10-3/h9,14-16,21-23,25-26,34H,2,8,10-13,17-20H2,1,3-7H3/b24-21-,28-14+. The third-order valence-corrected chi connectivity index (χ3v) is 8.40. The maximum absolute atomic E-state index is 13.0. The molecule has 1 saturated heterocycles. The predicted molar refractivity (Wildman–Crippen MR) is 156 cm³/mol. The van der Waals surface area contributed by atoms with Gasteiger partial charge in [0.1, 0.15) is 0 Å². The van der Waals surface area contributed by atoms with Crippen molar-refractivity contribution in [1.29, 1.82) is 0 Å².